The molecule has 1 saturated heterocycles. The van der Waals surface area contributed by atoms with Gasteiger partial charge in [-0.15, -0.1) is 0 Å². The number of piperazine rings is 1. The summed E-state index contributed by atoms with van der Waals surface area (Å²) < 4.78 is 0. The Balaban J connectivity index is 1.28. The van der Waals surface area contributed by atoms with Gasteiger partial charge < -0.3 is 15.6 Å². The fourth-order valence-corrected chi connectivity index (χ4v) is 4.81. The molecule has 2 aromatic heterocycles. The summed E-state index contributed by atoms with van der Waals surface area (Å²) >= 11 is 0. The van der Waals surface area contributed by atoms with E-state index in [4.69, 9.17) is 4.98 Å². The number of aromatic nitrogens is 3. The molecule has 0 bridgehead atoms. The lowest BCUT2D eigenvalue weighted by molar-refractivity contribution is 0.233. The Kier molecular flexibility index (Phi) is 5.32. The average molecular weight is 439 g/mol. The van der Waals surface area contributed by atoms with Gasteiger partial charge in [0, 0.05) is 67.3 Å². The number of aryl methyl sites for hydroxylation is 1. The van der Waals surface area contributed by atoms with Gasteiger partial charge in [-0.05, 0) is 66.6 Å². The Labute approximate surface area is 194 Å². The second-order valence-electron chi connectivity index (χ2n) is 9.41. The molecule has 3 heterocycles. The first-order valence-corrected chi connectivity index (χ1v) is 12.0. The van der Waals surface area contributed by atoms with E-state index in [2.05, 4.69) is 68.8 Å². The molecule has 168 valence electrons. The number of nitrogens with zero attached hydrogens (tertiary/aromatic N) is 3. The van der Waals surface area contributed by atoms with Crippen molar-refractivity contribution in [3.8, 4) is 11.3 Å². The zero-order chi connectivity index (χ0) is 22.2. The molecule has 3 N–H and O–H groups in total. The summed E-state index contributed by atoms with van der Waals surface area (Å²) in [6, 6.07) is 15.4. The number of hydrogen-bond donors (Lipinski definition) is 3. The highest BCUT2D eigenvalue weighted by atomic mass is 15.2. The quantitative estimate of drug-likeness (QED) is 0.397. The van der Waals surface area contributed by atoms with Crippen LogP contribution in [0.5, 0.6) is 0 Å². The SMILES string of the molecule is Cc1ccc2c(-c3ccnc(Nc4cc(CN5CCNCC5)cc(C5CC5)c4)n3)c[nH]c2c1. The van der Waals surface area contributed by atoms with Gasteiger partial charge in [0.2, 0.25) is 5.95 Å². The molecule has 4 aromatic rings. The van der Waals surface area contributed by atoms with Crippen LogP contribution in [-0.2, 0) is 6.54 Å². The van der Waals surface area contributed by atoms with E-state index in [0.29, 0.717) is 11.9 Å². The van der Waals surface area contributed by atoms with E-state index >= 15 is 0 Å². The maximum absolute atomic E-state index is 4.86. The Hall–Kier alpha value is -3.22. The van der Waals surface area contributed by atoms with Gasteiger partial charge in [-0.1, -0.05) is 18.2 Å². The highest BCUT2D eigenvalue weighted by Crippen LogP contribution is 2.41. The van der Waals surface area contributed by atoms with Crippen LogP contribution >= 0.6 is 0 Å². The number of aromatic amines is 1. The second kappa shape index (κ2) is 8.61. The fraction of sp³-hybridized carbons (Fsp3) is 0.333. The third-order valence-electron chi connectivity index (χ3n) is 6.70. The van der Waals surface area contributed by atoms with Crippen LogP contribution in [-0.4, -0.2) is 46.0 Å². The lowest BCUT2D eigenvalue weighted by Crippen LogP contribution is -2.42. The number of nitrogens with one attached hydrogen (secondary N) is 3. The van der Waals surface area contributed by atoms with E-state index in [1.807, 2.05) is 18.5 Å². The molecule has 0 unspecified atom stereocenters. The van der Waals surface area contributed by atoms with Crippen molar-refractivity contribution in [1.82, 2.24) is 25.2 Å². The maximum atomic E-state index is 4.86. The molecule has 2 fully saturated rings. The molecule has 0 radical (unpaired) electrons. The number of hydrogen-bond acceptors (Lipinski definition) is 5. The standard InChI is InChI=1S/C27H30N6/c1-18-2-5-23-24(16-30-26(23)12-18)25-6-7-29-27(32-25)31-22-14-19(13-21(15-22)20-3-4-20)17-33-10-8-28-9-11-33/h2,5-7,12-16,20,28,30H,3-4,8-11,17H2,1H3,(H,29,31,32). The van der Waals surface area contributed by atoms with Crippen molar-refractivity contribution in [2.24, 2.45) is 0 Å². The third-order valence-corrected chi connectivity index (χ3v) is 6.70. The number of benzene rings is 2. The molecule has 1 saturated carbocycles. The average Bonchev–Trinajstić information content (AvgIpc) is 3.60. The van der Waals surface area contributed by atoms with E-state index in [0.717, 1.165) is 55.2 Å². The van der Waals surface area contributed by atoms with Crippen LogP contribution in [0.25, 0.3) is 22.2 Å². The molecule has 6 heteroatoms. The van der Waals surface area contributed by atoms with Gasteiger partial charge in [0.15, 0.2) is 0 Å². The van der Waals surface area contributed by atoms with Crippen molar-refractivity contribution >= 4 is 22.5 Å². The minimum absolute atomic E-state index is 0.634. The Morgan fingerprint density at radius 1 is 1.06 bits per heavy atom. The van der Waals surface area contributed by atoms with E-state index in [1.165, 1.54) is 34.9 Å². The van der Waals surface area contributed by atoms with Crippen LogP contribution in [0, 0.1) is 6.92 Å². The van der Waals surface area contributed by atoms with Crippen molar-refractivity contribution < 1.29 is 0 Å². The van der Waals surface area contributed by atoms with Crippen LogP contribution in [0.1, 0.15) is 35.4 Å². The van der Waals surface area contributed by atoms with Crippen molar-refractivity contribution in [2.45, 2.75) is 32.2 Å². The predicted molar refractivity (Wildman–Crippen MR) is 134 cm³/mol. The number of rotatable bonds is 6. The molecule has 0 amide bonds. The normalized spacial score (nSPS) is 16.9. The van der Waals surface area contributed by atoms with Crippen molar-refractivity contribution in [3.05, 3.63) is 71.5 Å². The summed E-state index contributed by atoms with van der Waals surface area (Å²) in [5.41, 5.74) is 8.28. The molecule has 6 nitrogen and oxygen atoms in total. The highest BCUT2D eigenvalue weighted by molar-refractivity contribution is 5.95. The van der Waals surface area contributed by atoms with E-state index in [9.17, 15) is 0 Å². The molecule has 2 aliphatic rings. The molecule has 33 heavy (non-hydrogen) atoms. The number of anilines is 2. The van der Waals surface area contributed by atoms with Crippen molar-refractivity contribution in [3.63, 3.8) is 0 Å². The van der Waals surface area contributed by atoms with Crippen LogP contribution in [0.2, 0.25) is 0 Å². The minimum atomic E-state index is 0.634. The van der Waals surface area contributed by atoms with Gasteiger partial charge in [-0.3, -0.25) is 4.90 Å². The molecular weight excluding hydrogens is 408 g/mol. The molecule has 1 aliphatic carbocycles. The third kappa shape index (κ3) is 4.49. The molecule has 1 aliphatic heterocycles. The van der Waals surface area contributed by atoms with Gasteiger partial charge in [0.25, 0.3) is 0 Å². The van der Waals surface area contributed by atoms with Crippen molar-refractivity contribution in [2.75, 3.05) is 31.5 Å². The summed E-state index contributed by atoms with van der Waals surface area (Å²) in [7, 11) is 0. The summed E-state index contributed by atoms with van der Waals surface area (Å²) in [6.45, 7) is 7.45. The lowest BCUT2D eigenvalue weighted by Gasteiger charge is -2.27. The summed E-state index contributed by atoms with van der Waals surface area (Å²) in [5.74, 6) is 1.34. The number of fused-ring (bicyclic) bond motifs is 1. The predicted octanol–water partition coefficient (Wildman–Crippen LogP) is 4.96. The van der Waals surface area contributed by atoms with E-state index < -0.39 is 0 Å². The van der Waals surface area contributed by atoms with E-state index in [1.54, 1.807) is 0 Å². The van der Waals surface area contributed by atoms with Crippen LogP contribution in [0.3, 0.4) is 0 Å². The zero-order valence-corrected chi connectivity index (χ0v) is 19.1. The second-order valence-corrected chi connectivity index (χ2v) is 9.41. The van der Waals surface area contributed by atoms with E-state index in [-0.39, 0.29) is 0 Å². The first-order valence-electron chi connectivity index (χ1n) is 12.0. The minimum Gasteiger partial charge on any atom is -0.360 e. The Bertz CT molecular complexity index is 1280. The van der Waals surface area contributed by atoms with Gasteiger partial charge in [-0.25, -0.2) is 9.97 Å². The van der Waals surface area contributed by atoms with Gasteiger partial charge in [0.05, 0.1) is 5.69 Å². The Morgan fingerprint density at radius 3 is 2.79 bits per heavy atom. The lowest BCUT2D eigenvalue weighted by atomic mass is 10.0. The fourth-order valence-electron chi connectivity index (χ4n) is 4.81. The zero-order valence-electron chi connectivity index (χ0n) is 19.1. The molecule has 6 rings (SSSR count). The summed E-state index contributed by atoms with van der Waals surface area (Å²) in [4.78, 5) is 15.3. The van der Waals surface area contributed by atoms with Crippen molar-refractivity contribution in [1.29, 1.82) is 0 Å². The van der Waals surface area contributed by atoms with Crippen LogP contribution in [0.15, 0.2) is 54.9 Å². The molecule has 2 aromatic carbocycles. The van der Waals surface area contributed by atoms with Gasteiger partial charge >= 0.3 is 0 Å². The first kappa shape index (κ1) is 20.4. The topological polar surface area (TPSA) is 68.9 Å². The largest absolute Gasteiger partial charge is 0.360 e. The van der Waals surface area contributed by atoms with Crippen LogP contribution < -0.4 is 10.6 Å². The maximum Gasteiger partial charge on any atom is 0.227 e. The highest BCUT2D eigenvalue weighted by Gasteiger charge is 2.24. The molecular formula is C27H30N6. The molecule has 0 spiro atoms. The smallest absolute Gasteiger partial charge is 0.227 e. The first-order chi connectivity index (χ1) is 16.2. The monoisotopic (exact) mass is 438 g/mol. The van der Waals surface area contributed by atoms with Gasteiger partial charge in [-0.2, -0.15) is 0 Å². The summed E-state index contributed by atoms with van der Waals surface area (Å²) in [6.07, 6.45) is 6.46. The Morgan fingerprint density at radius 2 is 1.94 bits per heavy atom. The molecule has 0 atom stereocenters. The van der Waals surface area contributed by atoms with Gasteiger partial charge in [0.1, 0.15) is 0 Å². The van der Waals surface area contributed by atoms with Crippen LogP contribution in [0.4, 0.5) is 11.6 Å². The number of H-pyrrole nitrogens is 1. The summed E-state index contributed by atoms with van der Waals surface area (Å²) in [5, 5.41) is 8.12.